The van der Waals surface area contributed by atoms with Gasteiger partial charge in [-0.2, -0.15) is 0 Å². The Bertz CT molecular complexity index is 947. The van der Waals surface area contributed by atoms with E-state index in [9.17, 15) is 4.79 Å². The van der Waals surface area contributed by atoms with E-state index < -0.39 is 12.1 Å². The predicted molar refractivity (Wildman–Crippen MR) is 121 cm³/mol. The van der Waals surface area contributed by atoms with Crippen molar-refractivity contribution in [1.29, 1.82) is 0 Å². The zero-order valence-electron chi connectivity index (χ0n) is 18.3. The van der Waals surface area contributed by atoms with Crippen LogP contribution < -0.4 is 0 Å². The number of carbonyl (C=O) groups is 1. The number of carbonyl (C=O) groups excluding carboxylic acids is 1. The van der Waals surface area contributed by atoms with Crippen LogP contribution in [0.2, 0.25) is 0 Å². The molecule has 0 aromatic heterocycles. The van der Waals surface area contributed by atoms with Crippen molar-refractivity contribution in [2.45, 2.75) is 38.3 Å². The average Bonchev–Trinajstić information content (AvgIpc) is 3.38. The molecule has 4 rings (SSSR count). The fourth-order valence-corrected chi connectivity index (χ4v) is 3.67. The Kier molecular flexibility index (Phi) is 7.50. The summed E-state index contributed by atoms with van der Waals surface area (Å²) in [4.78, 5) is 23.0. The standard InChI is InChI=1S/C26H28O6/c1-18-5-9-20(10-6-18)4-3-15-30-32-23-17-29-25-22(16-28-26(23)25)31-24(27)14-13-21-11-7-19(2)8-12-21/h3-14,22-23,25-26H,15-17H2,1-2H3/b4-3+,14-13+/t22?,23-,25+,26+/m0/s1. The van der Waals surface area contributed by atoms with Gasteiger partial charge in [-0.1, -0.05) is 71.8 Å². The molecule has 2 aliphatic rings. The molecule has 0 N–H and O–H groups in total. The summed E-state index contributed by atoms with van der Waals surface area (Å²) < 4.78 is 17.1. The molecule has 0 aliphatic carbocycles. The molecule has 32 heavy (non-hydrogen) atoms. The summed E-state index contributed by atoms with van der Waals surface area (Å²) in [7, 11) is 0. The Balaban J connectivity index is 1.19. The van der Waals surface area contributed by atoms with Crippen LogP contribution in [-0.4, -0.2) is 50.2 Å². The third kappa shape index (κ3) is 5.93. The fourth-order valence-electron chi connectivity index (χ4n) is 3.67. The molecule has 6 nitrogen and oxygen atoms in total. The molecule has 6 heteroatoms. The van der Waals surface area contributed by atoms with Gasteiger partial charge >= 0.3 is 5.97 Å². The van der Waals surface area contributed by atoms with Crippen LogP contribution in [0.15, 0.2) is 60.7 Å². The first-order valence-corrected chi connectivity index (χ1v) is 10.8. The monoisotopic (exact) mass is 436 g/mol. The van der Waals surface area contributed by atoms with Gasteiger partial charge in [0.25, 0.3) is 0 Å². The van der Waals surface area contributed by atoms with Crippen LogP contribution in [-0.2, 0) is 28.8 Å². The number of rotatable bonds is 8. The van der Waals surface area contributed by atoms with Gasteiger partial charge in [0.1, 0.15) is 24.9 Å². The maximum atomic E-state index is 12.2. The van der Waals surface area contributed by atoms with Crippen molar-refractivity contribution in [2.75, 3.05) is 19.8 Å². The topological polar surface area (TPSA) is 63.2 Å². The van der Waals surface area contributed by atoms with Crippen molar-refractivity contribution >= 4 is 18.1 Å². The zero-order valence-corrected chi connectivity index (χ0v) is 18.3. The SMILES string of the molecule is Cc1ccc(/C=C/COO[C@H]2CO[C@@H]3C(OC(=O)/C=C/c4ccc(C)cc4)CO[C@H]23)cc1. The van der Waals surface area contributed by atoms with Crippen molar-refractivity contribution in [3.05, 3.63) is 82.9 Å². The number of hydrogen-bond donors (Lipinski definition) is 0. The second kappa shape index (κ2) is 10.7. The van der Waals surface area contributed by atoms with Gasteiger partial charge in [-0.15, -0.1) is 0 Å². The first kappa shape index (κ1) is 22.4. The third-order valence-electron chi connectivity index (χ3n) is 5.46. The number of benzene rings is 2. The molecule has 2 aliphatic heterocycles. The lowest BCUT2D eigenvalue weighted by Crippen LogP contribution is -2.34. The van der Waals surface area contributed by atoms with E-state index in [1.54, 1.807) is 6.08 Å². The molecular weight excluding hydrogens is 408 g/mol. The van der Waals surface area contributed by atoms with Crippen LogP contribution in [0, 0.1) is 13.8 Å². The van der Waals surface area contributed by atoms with Crippen LogP contribution >= 0.6 is 0 Å². The Hall–Kier alpha value is -2.77. The van der Waals surface area contributed by atoms with E-state index in [2.05, 4.69) is 19.1 Å². The number of fused-ring (bicyclic) bond motifs is 1. The highest BCUT2D eigenvalue weighted by Gasteiger charge is 2.50. The first-order valence-electron chi connectivity index (χ1n) is 10.8. The van der Waals surface area contributed by atoms with Crippen molar-refractivity contribution in [3.8, 4) is 0 Å². The smallest absolute Gasteiger partial charge is 0.331 e. The van der Waals surface area contributed by atoms with Gasteiger partial charge in [-0.3, -0.25) is 0 Å². The molecule has 0 bridgehead atoms. The van der Waals surface area contributed by atoms with Gasteiger partial charge in [0, 0.05) is 6.08 Å². The van der Waals surface area contributed by atoms with Gasteiger partial charge in [0.05, 0.1) is 13.2 Å². The normalized spacial score (nSPS) is 24.9. The largest absolute Gasteiger partial charge is 0.454 e. The van der Waals surface area contributed by atoms with Crippen LogP contribution in [0.3, 0.4) is 0 Å². The molecule has 0 saturated carbocycles. The minimum atomic E-state index is -0.467. The number of hydrogen-bond acceptors (Lipinski definition) is 6. The predicted octanol–water partition coefficient (Wildman–Crippen LogP) is 4.06. The van der Waals surface area contributed by atoms with Crippen molar-refractivity contribution in [1.82, 2.24) is 0 Å². The summed E-state index contributed by atoms with van der Waals surface area (Å²) in [5.74, 6) is -0.426. The highest BCUT2D eigenvalue weighted by atomic mass is 17.2. The summed E-state index contributed by atoms with van der Waals surface area (Å²) in [6.07, 6.45) is 5.50. The van der Waals surface area contributed by atoms with Crippen molar-refractivity contribution in [3.63, 3.8) is 0 Å². The lowest BCUT2D eigenvalue weighted by Gasteiger charge is -2.16. The average molecular weight is 437 g/mol. The Morgan fingerprint density at radius 3 is 2.09 bits per heavy atom. The molecule has 2 fully saturated rings. The van der Waals surface area contributed by atoms with E-state index >= 15 is 0 Å². The van der Waals surface area contributed by atoms with E-state index in [1.807, 2.05) is 55.5 Å². The van der Waals surface area contributed by atoms with Gasteiger partial charge in [0.2, 0.25) is 0 Å². The molecule has 2 saturated heterocycles. The summed E-state index contributed by atoms with van der Waals surface area (Å²) in [5, 5.41) is 0. The molecule has 2 aromatic rings. The highest BCUT2D eigenvalue weighted by molar-refractivity contribution is 5.87. The molecule has 2 aromatic carbocycles. The van der Waals surface area contributed by atoms with E-state index in [0.29, 0.717) is 13.2 Å². The maximum absolute atomic E-state index is 12.2. The highest BCUT2D eigenvalue weighted by Crippen LogP contribution is 2.30. The fraction of sp³-hybridized carbons (Fsp3) is 0.346. The van der Waals surface area contributed by atoms with Gasteiger partial charge in [-0.05, 0) is 31.1 Å². The quantitative estimate of drug-likeness (QED) is 0.205. The molecule has 4 atom stereocenters. The second-order valence-electron chi connectivity index (χ2n) is 8.05. The lowest BCUT2D eigenvalue weighted by molar-refractivity contribution is -0.326. The van der Waals surface area contributed by atoms with Crippen LogP contribution in [0.4, 0.5) is 0 Å². The minimum absolute atomic E-state index is 0.270. The van der Waals surface area contributed by atoms with E-state index in [1.165, 1.54) is 17.2 Å². The van der Waals surface area contributed by atoms with E-state index in [4.69, 9.17) is 24.0 Å². The summed E-state index contributed by atoms with van der Waals surface area (Å²) in [5.41, 5.74) is 4.43. The van der Waals surface area contributed by atoms with E-state index in [0.717, 1.165) is 11.1 Å². The lowest BCUT2D eigenvalue weighted by atomic mass is 10.1. The number of esters is 1. The third-order valence-corrected chi connectivity index (χ3v) is 5.46. The van der Waals surface area contributed by atoms with Crippen molar-refractivity contribution in [2.24, 2.45) is 0 Å². The van der Waals surface area contributed by atoms with Crippen LogP contribution in [0.1, 0.15) is 22.3 Å². The summed E-state index contributed by atoms with van der Waals surface area (Å²) in [6, 6.07) is 16.1. The molecular formula is C26H28O6. The Morgan fingerprint density at radius 2 is 1.44 bits per heavy atom. The van der Waals surface area contributed by atoms with E-state index in [-0.39, 0.29) is 24.9 Å². The van der Waals surface area contributed by atoms with Crippen LogP contribution in [0.25, 0.3) is 12.2 Å². The Labute approximate surface area is 188 Å². The molecule has 0 amide bonds. The number of aryl methyl sites for hydroxylation is 2. The van der Waals surface area contributed by atoms with Gasteiger partial charge in [0.15, 0.2) is 6.10 Å². The van der Waals surface area contributed by atoms with Gasteiger partial charge < -0.3 is 14.2 Å². The Morgan fingerprint density at radius 1 is 0.875 bits per heavy atom. The number of ether oxygens (including phenoxy) is 3. The molecule has 0 radical (unpaired) electrons. The maximum Gasteiger partial charge on any atom is 0.331 e. The molecule has 168 valence electrons. The first-order chi connectivity index (χ1) is 15.6. The zero-order chi connectivity index (χ0) is 22.3. The summed E-state index contributed by atoms with van der Waals surface area (Å²) in [6.45, 7) is 4.98. The van der Waals surface area contributed by atoms with Gasteiger partial charge in [-0.25, -0.2) is 14.6 Å². The van der Waals surface area contributed by atoms with Crippen LogP contribution in [0.5, 0.6) is 0 Å². The van der Waals surface area contributed by atoms with Crippen molar-refractivity contribution < 1.29 is 28.8 Å². The molecule has 0 spiro atoms. The minimum Gasteiger partial charge on any atom is -0.454 e. The summed E-state index contributed by atoms with van der Waals surface area (Å²) >= 11 is 0. The molecule has 2 heterocycles. The second-order valence-corrected chi connectivity index (χ2v) is 8.05. The molecule has 1 unspecified atom stereocenters.